The van der Waals surface area contributed by atoms with E-state index in [2.05, 4.69) is 0 Å². The molecule has 1 N–H and O–H groups in total. The van der Waals surface area contributed by atoms with Crippen LogP contribution in [0.3, 0.4) is 0 Å². The second-order valence-electron chi connectivity index (χ2n) is 5.05. The molecule has 4 nitrogen and oxygen atoms in total. The Morgan fingerprint density at radius 1 is 1.35 bits per heavy atom. The standard InChI is InChI=1S/C16H21N2O2/c1-3-14(18-10-9-17(2)12-18)16(20)11-15(19)13-7-5-4-6-8-13/h4-10,12,14-15,19H,3,11H2,1-2H3/q+1/t14?,15-/m1/s1. The van der Waals surface area contributed by atoms with E-state index in [9.17, 15) is 9.90 Å². The van der Waals surface area contributed by atoms with Crippen molar-refractivity contribution in [2.24, 2.45) is 7.05 Å². The molecule has 0 fully saturated rings. The molecule has 0 aliphatic rings. The summed E-state index contributed by atoms with van der Waals surface area (Å²) in [5.41, 5.74) is 0.786. The molecule has 1 heterocycles. The van der Waals surface area contributed by atoms with Crippen LogP contribution < -0.4 is 4.57 Å². The van der Waals surface area contributed by atoms with Gasteiger partial charge in [0.1, 0.15) is 12.4 Å². The number of Topliss-reactive ketones (excluding diaryl/α,β-unsaturated/α-hetero) is 1. The first-order chi connectivity index (χ1) is 9.61. The zero-order valence-electron chi connectivity index (χ0n) is 11.9. The molecule has 4 heteroatoms. The number of carbonyl (C=O) groups excluding carboxylic acids is 1. The van der Waals surface area contributed by atoms with Crippen molar-refractivity contribution in [1.82, 2.24) is 4.57 Å². The van der Waals surface area contributed by atoms with Crippen molar-refractivity contribution in [1.29, 1.82) is 0 Å². The third kappa shape index (κ3) is 3.33. The molecule has 1 aromatic heterocycles. The molecular formula is C16H21N2O2+. The molecule has 20 heavy (non-hydrogen) atoms. The summed E-state index contributed by atoms with van der Waals surface area (Å²) >= 11 is 0. The lowest BCUT2D eigenvalue weighted by Crippen LogP contribution is -2.26. The minimum atomic E-state index is -0.734. The van der Waals surface area contributed by atoms with E-state index in [4.69, 9.17) is 0 Å². The SMILES string of the molecule is CCC(C(=O)C[C@@H](O)c1ccccc1)n1cc[n+](C)c1. The van der Waals surface area contributed by atoms with E-state index in [-0.39, 0.29) is 18.2 Å². The molecule has 0 aliphatic carbocycles. The number of rotatable bonds is 6. The molecule has 0 amide bonds. The van der Waals surface area contributed by atoms with Crippen LogP contribution in [0.1, 0.15) is 37.5 Å². The fraction of sp³-hybridized carbons (Fsp3) is 0.375. The lowest BCUT2D eigenvalue weighted by molar-refractivity contribution is -0.671. The average molecular weight is 273 g/mol. The molecule has 106 valence electrons. The van der Waals surface area contributed by atoms with Gasteiger partial charge in [0.25, 0.3) is 0 Å². The lowest BCUT2D eigenvalue weighted by Gasteiger charge is -2.14. The Labute approximate surface area is 119 Å². The highest BCUT2D eigenvalue weighted by molar-refractivity contribution is 5.83. The largest absolute Gasteiger partial charge is 0.388 e. The minimum absolute atomic E-state index is 0.0556. The number of ketones is 1. The van der Waals surface area contributed by atoms with Gasteiger partial charge in [-0.1, -0.05) is 37.3 Å². The summed E-state index contributed by atoms with van der Waals surface area (Å²) in [6.45, 7) is 1.98. The van der Waals surface area contributed by atoms with Crippen LogP contribution in [0.5, 0.6) is 0 Å². The molecule has 0 bridgehead atoms. The number of nitrogens with zero attached hydrogens (tertiary/aromatic N) is 2. The molecule has 1 aromatic carbocycles. The van der Waals surface area contributed by atoms with Gasteiger partial charge in [0, 0.05) is 6.42 Å². The Kier molecular flexibility index (Phi) is 4.69. The fourth-order valence-electron chi connectivity index (χ4n) is 2.38. The third-order valence-electron chi connectivity index (χ3n) is 3.49. The zero-order chi connectivity index (χ0) is 14.5. The summed E-state index contributed by atoms with van der Waals surface area (Å²) in [5, 5.41) is 10.2. The average Bonchev–Trinajstić information content (AvgIpc) is 2.87. The van der Waals surface area contributed by atoms with Crippen LogP contribution in [-0.4, -0.2) is 15.5 Å². The fourth-order valence-corrected chi connectivity index (χ4v) is 2.38. The van der Waals surface area contributed by atoms with Gasteiger partial charge < -0.3 is 5.11 Å². The summed E-state index contributed by atoms with van der Waals surface area (Å²) in [6.07, 6.45) is 5.81. The highest BCUT2D eigenvalue weighted by Gasteiger charge is 2.25. The van der Waals surface area contributed by atoms with Gasteiger partial charge >= 0.3 is 0 Å². The zero-order valence-corrected chi connectivity index (χ0v) is 11.9. The summed E-state index contributed by atoms with van der Waals surface area (Å²) in [4.78, 5) is 12.4. The van der Waals surface area contributed by atoms with Gasteiger partial charge in [-0.05, 0) is 12.0 Å². The first-order valence-electron chi connectivity index (χ1n) is 6.90. The number of hydrogen-bond acceptors (Lipinski definition) is 2. The third-order valence-corrected chi connectivity index (χ3v) is 3.49. The van der Waals surface area contributed by atoms with Crippen molar-refractivity contribution < 1.29 is 14.5 Å². The van der Waals surface area contributed by atoms with Crippen LogP contribution >= 0.6 is 0 Å². The van der Waals surface area contributed by atoms with Gasteiger partial charge in [-0.25, -0.2) is 9.13 Å². The van der Waals surface area contributed by atoms with Crippen molar-refractivity contribution in [2.75, 3.05) is 0 Å². The molecule has 0 radical (unpaired) electrons. The van der Waals surface area contributed by atoms with Gasteiger partial charge in [-0.15, -0.1) is 0 Å². The summed E-state index contributed by atoms with van der Waals surface area (Å²) in [6, 6.07) is 9.10. The Bertz CT molecular complexity index is 563. The maximum Gasteiger partial charge on any atom is 0.244 e. The van der Waals surface area contributed by atoms with E-state index >= 15 is 0 Å². The topological polar surface area (TPSA) is 46.1 Å². The number of aliphatic hydroxyl groups excluding tert-OH is 1. The number of benzene rings is 1. The molecule has 0 spiro atoms. The van der Waals surface area contributed by atoms with E-state index in [1.54, 1.807) is 0 Å². The Morgan fingerprint density at radius 3 is 2.60 bits per heavy atom. The minimum Gasteiger partial charge on any atom is -0.388 e. The van der Waals surface area contributed by atoms with E-state index in [1.165, 1.54) is 0 Å². The van der Waals surface area contributed by atoms with E-state index in [1.807, 2.05) is 72.2 Å². The van der Waals surface area contributed by atoms with Gasteiger partial charge in [0.05, 0.1) is 13.2 Å². The maximum atomic E-state index is 12.4. The first-order valence-corrected chi connectivity index (χ1v) is 6.90. The quantitative estimate of drug-likeness (QED) is 0.818. The number of hydrogen-bond donors (Lipinski definition) is 1. The molecule has 0 saturated heterocycles. The van der Waals surface area contributed by atoms with Crippen LogP contribution in [-0.2, 0) is 11.8 Å². The summed E-state index contributed by atoms with van der Waals surface area (Å²) in [5.74, 6) is 0.0556. The summed E-state index contributed by atoms with van der Waals surface area (Å²) in [7, 11) is 1.92. The van der Waals surface area contributed by atoms with Crippen molar-refractivity contribution in [2.45, 2.75) is 31.9 Å². The predicted molar refractivity (Wildman–Crippen MR) is 76.0 cm³/mol. The second-order valence-corrected chi connectivity index (χ2v) is 5.05. The second kappa shape index (κ2) is 6.48. The lowest BCUT2D eigenvalue weighted by atomic mass is 9.99. The van der Waals surface area contributed by atoms with Crippen molar-refractivity contribution in [3.05, 3.63) is 54.6 Å². The van der Waals surface area contributed by atoms with Crippen LogP contribution in [0, 0.1) is 0 Å². The molecule has 2 aromatic rings. The van der Waals surface area contributed by atoms with E-state index in [0.717, 1.165) is 12.0 Å². The van der Waals surface area contributed by atoms with Gasteiger partial charge in [-0.3, -0.25) is 4.79 Å². The highest BCUT2D eigenvalue weighted by atomic mass is 16.3. The Balaban J connectivity index is 2.06. The number of aromatic nitrogens is 2. The van der Waals surface area contributed by atoms with Crippen LogP contribution in [0.2, 0.25) is 0 Å². The number of aryl methyl sites for hydroxylation is 1. The molecule has 2 rings (SSSR count). The smallest absolute Gasteiger partial charge is 0.244 e. The first kappa shape index (κ1) is 14.5. The summed E-state index contributed by atoms with van der Waals surface area (Å²) < 4.78 is 3.81. The van der Waals surface area contributed by atoms with Crippen LogP contribution in [0.4, 0.5) is 0 Å². The maximum absolute atomic E-state index is 12.4. The van der Waals surface area contributed by atoms with Gasteiger partial charge in [-0.2, -0.15) is 0 Å². The van der Waals surface area contributed by atoms with Crippen LogP contribution in [0.15, 0.2) is 49.1 Å². The Hall–Kier alpha value is -1.94. The number of carbonyl (C=O) groups is 1. The van der Waals surface area contributed by atoms with Crippen molar-refractivity contribution in [3.8, 4) is 0 Å². The molecule has 2 atom stereocenters. The van der Waals surface area contributed by atoms with Crippen LogP contribution in [0.25, 0.3) is 0 Å². The molecular weight excluding hydrogens is 252 g/mol. The predicted octanol–water partition coefficient (Wildman–Crippen LogP) is 1.96. The Morgan fingerprint density at radius 2 is 2.05 bits per heavy atom. The molecule has 0 aliphatic heterocycles. The van der Waals surface area contributed by atoms with Gasteiger partial charge in [0.15, 0.2) is 11.8 Å². The van der Waals surface area contributed by atoms with Crippen molar-refractivity contribution in [3.63, 3.8) is 0 Å². The van der Waals surface area contributed by atoms with E-state index in [0.29, 0.717) is 0 Å². The highest BCUT2D eigenvalue weighted by Crippen LogP contribution is 2.21. The van der Waals surface area contributed by atoms with Crippen molar-refractivity contribution >= 4 is 5.78 Å². The number of aliphatic hydroxyl groups is 1. The van der Waals surface area contributed by atoms with E-state index < -0.39 is 6.10 Å². The normalized spacial score (nSPS) is 13.9. The monoisotopic (exact) mass is 273 g/mol. The molecule has 0 saturated carbocycles. The van der Waals surface area contributed by atoms with Gasteiger partial charge in [0.2, 0.25) is 6.33 Å². The number of imidazole rings is 1. The molecule has 1 unspecified atom stereocenters.